The lowest BCUT2D eigenvalue weighted by atomic mass is 10.0. The minimum atomic E-state index is 0.506. The molecular formula is C24H30N4O. The first-order valence-electron chi connectivity index (χ1n) is 10.6. The Morgan fingerprint density at radius 3 is 2.69 bits per heavy atom. The number of nitrogens with zero attached hydrogens (tertiary/aromatic N) is 3. The fourth-order valence-electron chi connectivity index (χ4n) is 3.91. The van der Waals surface area contributed by atoms with Gasteiger partial charge in [0.05, 0.1) is 12.3 Å². The van der Waals surface area contributed by atoms with Gasteiger partial charge in [0, 0.05) is 43.5 Å². The van der Waals surface area contributed by atoms with Crippen molar-refractivity contribution in [3.63, 3.8) is 0 Å². The SMILES string of the molecule is CC(C)c1ccc(OCCc2cc(C3CCN(Cc4ccncc4)C3)n[nH]2)cc1. The summed E-state index contributed by atoms with van der Waals surface area (Å²) < 4.78 is 5.90. The fraction of sp³-hybridized carbons (Fsp3) is 0.417. The highest BCUT2D eigenvalue weighted by Crippen LogP contribution is 2.27. The van der Waals surface area contributed by atoms with Crippen molar-refractivity contribution in [2.45, 2.75) is 45.1 Å². The van der Waals surface area contributed by atoms with Crippen molar-refractivity contribution in [2.24, 2.45) is 0 Å². The highest BCUT2D eigenvalue weighted by atomic mass is 16.5. The highest BCUT2D eigenvalue weighted by molar-refractivity contribution is 5.29. The Kier molecular flexibility index (Phi) is 6.25. The molecule has 29 heavy (non-hydrogen) atoms. The van der Waals surface area contributed by atoms with Gasteiger partial charge >= 0.3 is 0 Å². The van der Waals surface area contributed by atoms with Gasteiger partial charge in [-0.15, -0.1) is 0 Å². The summed E-state index contributed by atoms with van der Waals surface area (Å²) in [5.74, 6) is 1.98. The van der Waals surface area contributed by atoms with Crippen LogP contribution in [0.3, 0.4) is 0 Å². The standard InChI is InChI=1S/C24H30N4O/c1-18(2)20-3-5-23(6-4-20)29-14-10-22-15-24(27-26-22)21-9-13-28(17-21)16-19-7-11-25-12-8-19/h3-8,11-12,15,18,21H,9-10,13-14,16-17H2,1-2H3,(H,26,27). The summed E-state index contributed by atoms with van der Waals surface area (Å²) >= 11 is 0. The second kappa shape index (κ2) is 9.23. The van der Waals surface area contributed by atoms with Crippen molar-refractivity contribution >= 4 is 0 Å². The predicted molar refractivity (Wildman–Crippen MR) is 115 cm³/mol. The summed E-state index contributed by atoms with van der Waals surface area (Å²) in [5.41, 5.74) is 4.98. The monoisotopic (exact) mass is 390 g/mol. The van der Waals surface area contributed by atoms with E-state index in [2.05, 4.69) is 76.4 Å². The average Bonchev–Trinajstić information content (AvgIpc) is 3.39. The predicted octanol–water partition coefficient (Wildman–Crippen LogP) is 4.54. The second-order valence-corrected chi connectivity index (χ2v) is 8.22. The number of hydrogen-bond acceptors (Lipinski definition) is 4. The van der Waals surface area contributed by atoms with Gasteiger partial charge in [0.15, 0.2) is 0 Å². The van der Waals surface area contributed by atoms with E-state index in [1.54, 1.807) is 0 Å². The Morgan fingerprint density at radius 1 is 1.14 bits per heavy atom. The van der Waals surface area contributed by atoms with E-state index >= 15 is 0 Å². The number of aromatic nitrogens is 3. The number of aromatic amines is 1. The van der Waals surface area contributed by atoms with Crippen LogP contribution in [0.25, 0.3) is 0 Å². The van der Waals surface area contributed by atoms with Gasteiger partial charge in [-0.25, -0.2) is 0 Å². The lowest BCUT2D eigenvalue weighted by molar-refractivity contribution is 0.320. The van der Waals surface area contributed by atoms with E-state index in [1.807, 2.05) is 12.4 Å². The Labute approximate surface area is 173 Å². The van der Waals surface area contributed by atoms with E-state index in [1.165, 1.54) is 16.8 Å². The molecule has 152 valence electrons. The molecule has 4 rings (SSSR count). The van der Waals surface area contributed by atoms with Gasteiger partial charge in [0.1, 0.15) is 5.75 Å². The van der Waals surface area contributed by atoms with Crippen molar-refractivity contribution in [2.75, 3.05) is 19.7 Å². The maximum atomic E-state index is 5.90. The maximum Gasteiger partial charge on any atom is 0.119 e. The van der Waals surface area contributed by atoms with E-state index in [0.717, 1.165) is 43.9 Å². The first-order valence-corrected chi connectivity index (χ1v) is 10.6. The third kappa shape index (κ3) is 5.24. The molecule has 0 bridgehead atoms. The first-order chi connectivity index (χ1) is 14.2. The molecule has 1 atom stereocenters. The summed E-state index contributed by atoms with van der Waals surface area (Å²) in [6.07, 6.45) is 5.73. The topological polar surface area (TPSA) is 54.0 Å². The van der Waals surface area contributed by atoms with E-state index in [0.29, 0.717) is 18.4 Å². The molecule has 3 heterocycles. The van der Waals surface area contributed by atoms with E-state index in [-0.39, 0.29) is 0 Å². The van der Waals surface area contributed by atoms with Crippen LogP contribution in [-0.2, 0) is 13.0 Å². The third-order valence-corrected chi connectivity index (χ3v) is 5.68. The number of ether oxygens (including phenoxy) is 1. The van der Waals surface area contributed by atoms with Gasteiger partial charge < -0.3 is 4.74 Å². The molecule has 0 saturated carbocycles. The van der Waals surface area contributed by atoms with Crippen LogP contribution in [0, 0.1) is 0 Å². The first kappa shape index (κ1) is 19.6. The van der Waals surface area contributed by atoms with Crippen LogP contribution in [0.1, 0.15) is 54.6 Å². The quantitative estimate of drug-likeness (QED) is 0.614. The lowest BCUT2D eigenvalue weighted by Gasteiger charge is -2.15. The summed E-state index contributed by atoms with van der Waals surface area (Å²) in [6.45, 7) is 8.22. The minimum Gasteiger partial charge on any atom is -0.493 e. The van der Waals surface area contributed by atoms with Crippen molar-refractivity contribution < 1.29 is 4.74 Å². The summed E-state index contributed by atoms with van der Waals surface area (Å²) in [4.78, 5) is 6.60. The minimum absolute atomic E-state index is 0.506. The van der Waals surface area contributed by atoms with Crippen molar-refractivity contribution in [3.05, 3.63) is 77.4 Å². The van der Waals surface area contributed by atoms with E-state index < -0.39 is 0 Å². The van der Waals surface area contributed by atoms with Crippen LogP contribution >= 0.6 is 0 Å². The van der Waals surface area contributed by atoms with Gasteiger partial charge in [0.2, 0.25) is 0 Å². The van der Waals surface area contributed by atoms with E-state index in [4.69, 9.17) is 4.74 Å². The van der Waals surface area contributed by atoms with Gasteiger partial charge in [-0.2, -0.15) is 5.10 Å². The Balaban J connectivity index is 1.24. The summed E-state index contributed by atoms with van der Waals surface area (Å²) in [7, 11) is 0. The molecule has 1 saturated heterocycles. The molecular weight excluding hydrogens is 360 g/mol. The van der Waals surface area contributed by atoms with Crippen LogP contribution in [0.5, 0.6) is 5.75 Å². The largest absolute Gasteiger partial charge is 0.493 e. The maximum absolute atomic E-state index is 5.90. The number of rotatable bonds is 8. The van der Waals surface area contributed by atoms with Crippen molar-refractivity contribution in [1.82, 2.24) is 20.1 Å². The molecule has 0 amide bonds. The normalized spacial score (nSPS) is 17.1. The molecule has 1 fully saturated rings. The Hall–Kier alpha value is -2.66. The summed E-state index contributed by atoms with van der Waals surface area (Å²) in [5, 5.41) is 7.78. The molecule has 1 unspecified atom stereocenters. The van der Waals surface area contributed by atoms with E-state index in [9.17, 15) is 0 Å². The smallest absolute Gasteiger partial charge is 0.119 e. The van der Waals surface area contributed by atoms with Crippen molar-refractivity contribution in [1.29, 1.82) is 0 Å². The van der Waals surface area contributed by atoms with Crippen LogP contribution in [0.15, 0.2) is 54.9 Å². The molecule has 5 heteroatoms. The second-order valence-electron chi connectivity index (χ2n) is 8.22. The fourth-order valence-corrected chi connectivity index (χ4v) is 3.91. The van der Waals surface area contributed by atoms with Gasteiger partial charge in [-0.05, 0) is 60.3 Å². The van der Waals surface area contributed by atoms with Gasteiger partial charge in [-0.1, -0.05) is 26.0 Å². The molecule has 1 aliphatic heterocycles. The van der Waals surface area contributed by atoms with Crippen molar-refractivity contribution in [3.8, 4) is 5.75 Å². The molecule has 1 aliphatic rings. The molecule has 1 aromatic carbocycles. The average molecular weight is 391 g/mol. The number of hydrogen-bond donors (Lipinski definition) is 1. The van der Waals surface area contributed by atoms with Crippen LogP contribution in [-0.4, -0.2) is 39.8 Å². The third-order valence-electron chi connectivity index (χ3n) is 5.68. The highest BCUT2D eigenvalue weighted by Gasteiger charge is 2.25. The number of likely N-dealkylation sites (tertiary alicyclic amines) is 1. The summed E-state index contributed by atoms with van der Waals surface area (Å²) in [6, 6.07) is 14.8. The van der Waals surface area contributed by atoms with Crippen LogP contribution < -0.4 is 4.74 Å². The van der Waals surface area contributed by atoms with Crippen LogP contribution in [0.2, 0.25) is 0 Å². The Bertz CT molecular complexity index is 889. The molecule has 0 radical (unpaired) electrons. The zero-order chi connectivity index (χ0) is 20.1. The van der Waals surface area contributed by atoms with Gasteiger partial charge in [-0.3, -0.25) is 15.0 Å². The number of benzene rings is 1. The van der Waals surface area contributed by atoms with Gasteiger partial charge in [0.25, 0.3) is 0 Å². The molecule has 1 N–H and O–H groups in total. The molecule has 3 aromatic rings. The molecule has 0 aliphatic carbocycles. The number of pyridine rings is 1. The number of nitrogens with one attached hydrogen (secondary N) is 1. The zero-order valence-electron chi connectivity index (χ0n) is 17.3. The Morgan fingerprint density at radius 2 is 1.93 bits per heavy atom. The zero-order valence-corrected chi connectivity index (χ0v) is 17.3. The van der Waals surface area contributed by atoms with Crippen LogP contribution in [0.4, 0.5) is 0 Å². The number of H-pyrrole nitrogens is 1. The molecule has 5 nitrogen and oxygen atoms in total. The molecule has 0 spiro atoms. The lowest BCUT2D eigenvalue weighted by Crippen LogP contribution is -2.19. The molecule has 2 aromatic heterocycles.